The maximum Gasteiger partial charge on any atom is 0.274 e. The van der Waals surface area contributed by atoms with Gasteiger partial charge in [-0.15, -0.1) is 0 Å². The second-order valence-electron chi connectivity index (χ2n) is 5.95. The van der Waals surface area contributed by atoms with Crippen LogP contribution in [0.4, 0.5) is 0 Å². The predicted molar refractivity (Wildman–Crippen MR) is 89.6 cm³/mol. The molecule has 24 heavy (non-hydrogen) atoms. The first kappa shape index (κ1) is 16.1. The first-order valence-electron chi connectivity index (χ1n) is 8.07. The molecule has 1 N–H and O–H groups in total. The number of piperidine rings is 1. The van der Waals surface area contributed by atoms with Gasteiger partial charge in [0, 0.05) is 37.1 Å². The van der Waals surface area contributed by atoms with Gasteiger partial charge in [0.05, 0.1) is 6.20 Å². The second kappa shape index (κ2) is 7.21. The summed E-state index contributed by atoms with van der Waals surface area (Å²) in [6.07, 6.45) is 6.02. The van der Waals surface area contributed by atoms with E-state index >= 15 is 0 Å². The number of nitrogens with one attached hydrogen (secondary N) is 1. The van der Waals surface area contributed by atoms with Gasteiger partial charge in [-0.2, -0.15) is 0 Å². The van der Waals surface area contributed by atoms with E-state index < -0.39 is 0 Å². The van der Waals surface area contributed by atoms with Gasteiger partial charge in [-0.25, -0.2) is 4.98 Å². The van der Waals surface area contributed by atoms with Crippen LogP contribution in [-0.2, 0) is 0 Å². The number of hydrogen-bond donors (Lipinski definition) is 1. The first-order chi connectivity index (χ1) is 11.6. The van der Waals surface area contributed by atoms with E-state index in [1.807, 2.05) is 31.2 Å². The van der Waals surface area contributed by atoms with Crippen LogP contribution in [0, 0.1) is 6.92 Å². The molecule has 0 saturated carbocycles. The molecule has 0 unspecified atom stereocenters. The molecular formula is C18H20N4O2. The summed E-state index contributed by atoms with van der Waals surface area (Å²) >= 11 is 0. The van der Waals surface area contributed by atoms with Crippen LogP contribution >= 0.6 is 0 Å². The number of carbonyl (C=O) groups is 2. The number of rotatable bonds is 3. The second-order valence-corrected chi connectivity index (χ2v) is 5.95. The lowest BCUT2D eigenvalue weighted by molar-refractivity contribution is 0.0692. The minimum absolute atomic E-state index is 0.0493. The zero-order chi connectivity index (χ0) is 16.9. The van der Waals surface area contributed by atoms with E-state index in [-0.39, 0.29) is 17.9 Å². The van der Waals surface area contributed by atoms with Gasteiger partial charge >= 0.3 is 0 Å². The van der Waals surface area contributed by atoms with Crippen LogP contribution in [0.3, 0.4) is 0 Å². The minimum atomic E-state index is -0.105. The smallest absolute Gasteiger partial charge is 0.274 e. The highest BCUT2D eigenvalue weighted by Gasteiger charge is 2.25. The average molecular weight is 324 g/mol. The van der Waals surface area contributed by atoms with Gasteiger partial charge in [-0.3, -0.25) is 14.6 Å². The fourth-order valence-electron chi connectivity index (χ4n) is 2.89. The van der Waals surface area contributed by atoms with Crippen molar-refractivity contribution in [1.82, 2.24) is 20.2 Å². The van der Waals surface area contributed by atoms with Gasteiger partial charge in [-0.1, -0.05) is 18.2 Å². The quantitative estimate of drug-likeness (QED) is 0.934. The Bertz CT molecular complexity index is 725. The van der Waals surface area contributed by atoms with Crippen LogP contribution in [0.1, 0.15) is 39.3 Å². The summed E-state index contributed by atoms with van der Waals surface area (Å²) in [6, 6.07) is 7.63. The van der Waals surface area contributed by atoms with Crippen molar-refractivity contribution in [1.29, 1.82) is 0 Å². The van der Waals surface area contributed by atoms with E-state index in [4.69, 9.17) is 0 Å². The number of nitrogens with zero attached hydrogens (tertiary/aromatic N) is 3. The molecule has 1 aromatic heterocycles. The molecule has 3 rings (SSSR count). The minimum Gasteiger partial charge on any atom is -0.349 e. The Morgan fingerprint density at radius 3 is 2.58 bits per heavy atom. The molecule has 2 heterocycles. The normalized spacial score (nSPS) is 15.1. The van der Waals surface area contributed by atoms with Crippen molar-refractivity contribution < 1.29 is 9.59 Å². The van der Waals surface area contributed by atoms with Gasteiger partial charge < -0.3 is 10.2 Å². The largest absolute Gasteiger partial charge is 0.349 e. The van der Waals surface area contributed by atoms with Gasteiger partial charge in [0.25, 0.3) is 11.8 Å². The molecule has 0 bridgehead atoms. The van der Waals surface area contributed by atoms with E-state index in [0.29, 0.717) is 24.3 Å². The van der Waals surface area contributed by atoms with Crippen molar-refractivity contribution in [3.8, 4) is 0 Å². The predicted octanol–water partition coefficient (Wildman–Crippen LogP) is 1.82. The molecule has 1 fully saturated rings. The van der Waals surface area contributed by atoms with Gasteiger partial charge in [0.1, 0.15) is 5.69 Å². The highest BCUT2D eigenvalue weighted by atomic mass is 16.2. The Kier molecular flexibility index (Phi) is 4.84. The topological polar surface area (TPSA) is 75.2 Å². The van der Waals surface area contributed by atoms with Crippen molar-refractivity contribution in [3.05, 3.63) is 59.7 Å². The van der Waals surface area contributed by atoms with Crippen LogP contribution in [0.2, 0.25) is 0 Å². The van der Waals surface area contributed by atoms with E-state index in [9.17, 15) is 9.59 Å². The molecule has 0 atom stereocenters. The van der Waals surface area contributed by atoms with Crippen LogP contribution < -0.4 is 5.32 Å². The van der Waals surface area contributed by atoms with Crippen molar-refractivity contribution >= 4 is 11.8 Å². The monoisotopic (exact) mass is 324 g/mol. The molecule has 1 aliphatic heterocycles. The van der Waals surface area contributed by atoms with Gasteiger partial charge in [0.2, 0.25) is 0 Å². The zero-order valence-corrected chi connectivity index (χ0v) is 13.6. The maximum absolute atomic E-state index is 12.4. The van der Waals surface area contributed by atoms with Gasteiger partial charge in [0.15, 0.2) is 0 Å². The third-order valence-electron chi connectivity index (χ3n) is 4.29. The number of carbonyl (C=O) groups excluding carboxylic acids is 2. The lowest BCUT2D eigenvalue weighted by Gasteiger charge is -2.32. The third-order valence-corrected chi connectivity index (χ3v) is 4.29. The SMILES string of the molecule is Cc1ccccc1C(=O)NC1CCN(C(=O)c2cnccn2)CC1. The fourth-order valence-corrected chi connectivity index (χ4v) is 2.89. The molecule has 1 saturated heterocycles. The Labute approximate surface area is 140 Å². The standard InChI is InChI=1S/C18H20N4O2/c1-13-4-2-3-5-15(13)17(23)21-14-6-10-22(11-7-14)18(24)16-12-19-8-9-20-16/h2-5,8-9,12,14H,6-7,10-11H2,1H3,(H,21,23). The first-order valence-corrected chi connectivity index (χ1v) is 8.07. The Hall–Kier alpha value is -2.76. The lowest BCUT2D eigenvalue weighted by Crippen LogP contribution is -2.46. The molecule has 6 heteroatoms. The average Bonchev–Trinajstić information content (AvgIpc) is 2.63. The molecule has 124 valence electrons. The molecular weight excluding hydrogens is 304 g/mol. The molecule has 2 aromatic rings. The van der Waals surface area contributed by atoms with Crippen molar-refractivity contribution in [2.45, 2.75) is 25.8 Å². The van der Waals surface area contributed by atoms with Crippen molar-refractivity contribution in [2.24, 2.45) is 0 Å². The van der Waals surface area contributed by atoms with E-state index in [1.54, 1.807) is 11.1 Å². The number of benzene rings is 1. The highest BCUT2D eigenvalue weighted by molar-refractivity contribution is 5.95. The Morgan fingerprint density at radius 1 is 1.17 bits per heavy atom. The van der Waals surface area contributed by atoms with Gasteiger partial charge in [-0.05, 0) is 31.4 Å². The molecule has 1 aromatic carbocycles. The molecule has 2 amide bonds. The van der Waals surface area contributed by atoms with Crippen LogP contribution in [0.25, 0.3) is 0 Å². The molecule has 1 aliphatic rings. The molecule has 0 spiro atoms. The summed E-state index contributed by atoms with van der Waals surface area (Å²) in [5.41, 5.74) is 2.03. The Morgan fingerprint density at radius 2 is 1.92 bits per heavy atom. The number of amides is 2. The summed E-state index contributed by atoms with van der Waals surface area (Å²) in [7, 11) is 0. The summed E-state index contributed by atoms with van der Waals surface area (Å²) in [6.45, 7) is 3.14. The lowest BCUT2D eigenvalue weighted by atomic mass is 10.0. The van der Waals surface area contributed by atoms with Crippen molar-refractivity contribution in [3.63, 3.8) is 0 Å². The summed E-state index contributed by atoms with van der Waals surface area (Å²) < 4.78 is 0. The Balaban J connectivity index is 1.55. The zero-order valence-electron chi connectivity index (χ0n) is 13.6. The summed E-state index contributed by atoms with van der Waals surface area (Å²) in [5.74, 6) is -0.154. The van der Waals surface area contributed by atoms with E-state index in [2.05, 4.69) is 15.3 Å². The molecule has 0 radical (unpaired) electrons. The molecule has 6 nitrogen and oxygen atoms in total. The highest BCUT2D eigenvalue weighted by Crippen LogP contribution is 2.14. The summed E-state index contributed by atoms with van der Waals surface area (Å²) in [5, 5.41) is 3.07. The number of likely N-dealkylation sites (tertiary alicyclic amines) is 1. The molecule has 0 aliphatic carbocycles. The summed E-state index contributed by atoms with van der Waals surface area (Å²) in [4.78, 5) is 34.4. The van der Waals surface area contributed by atoms with E-state index in [1.165, 1.54) is 12.4 Å². The number of aryl methyl sites for hydroxylation is 1. The van der Waals surface area contributed by atoms with Crippen molar-refractivity contribution in [2.75, 3.05) is 13.1 Å². The van der Waals surface area contributed by atoms with Crippen LogP contribution in [0.15, 0.2) is 42.9 Å². The van der Waals surface area contributed by atoms with Crippen LogP contribution in [0.5, 0.6) is 0 Å². The van der Waals surface area contributed by atoms with Crippen LogP contribution in [-0.4, -0.2) is 45.8 Å². The number of hydrogen-bond acceptors (Lipinski definition) is 4. The third kappa shape index (κ3) is 3.59. The van der Waals surface area contributed by atoms with E-state index in [0.717, 1.165) is 18.4 Å². The fraction of sp³-hybridized carbons (Fsp3) is 0.333. The maximum atomic E-state index is 12.4. The number of aromatic nitrogens is 2.